The Hall–Kier alpha value is -2.88. The summed E-state index contributed by atoms with van der Waals surface area (Å²) in [6.07, 6.45) is 0.150. The third-order valence-electron chi connectivity index (χ3n) is 5.25. The molecule has 6 nitrogen and oxygen atoms in total. The topological polar surface area (TPSA) is 81.9 Å². The SMILES string of the molecule is COc1ccc(S(=O)(=O)N(CCCN)c2ccc(Cl)cc2Cc2c(F)cccc2F)cc1OC. The van der Waals surface area contributed by atoms with E-state index in [2.05, 4.69) is 0 Å². The van der Waals surface area contributed by atoms with E-state index in [1.165, 1.54) is 61.0 Å². The monoisotopic (exact) mass is 510 g/mol. The van der Waals surface area contributed by atoms with Gasteiger partial charge in [-0.05, 0) is 61.0 Å². The zero-order valence-corrected chi connectivity index (χ0v) is 20.3. The minimum Gasteiger partial charge on any atom is -0.493 e. The highest BCUT2D eigenvalue weighted by molar-refractivity contribution is 7.92. The molecule has 0 bridgehead atoms. The highest BCUT2D eigenvalue weighted by Gasteiger charge is 2.28. The molecule has 0 radical (unpaired) electrons. The van der Waals surface area contributed by atoms with Gasteiger partial charge in [0.05, 0.1) is 24.8 Å². The van der Waals surface area contributed by atoms with Crippen LogP contribution in [0.1, 0.15) is 17.5 Å². The highest BCUT2D eigenvalue weighted by atomic mass is 35.5. The molecule has 0 saturated carbocycles. The lowest BCUT2D eigenvalue weighted by Gasteiger charge is -2.27. The standard InChI is InChI=1S/C24H25ClF2N2O4S/c1-32-23-10-8-18(15-24(23)33-2)34(30,31)29(12-4-11-28)22-9-7-17(25)13-16(22)14-19-20(26)5-3-6-21(19)27/h3,5-10,13,15H,4,11-12,14,28H2,1-2H3. The van der Waals surface area contributed by atoms with Crippen molar-refractivity contribution in [1.29, 1.82) is 0 Å². The van der Waals surface area contributed by atoms with Crippen LogP contribution in [-0.4, -0.2) is 35.7 Å². The Balaban J connectivity index is 2.15. The number of ether oxygens (including phenoxy) is 2. The van der Waals surface area contributed by atoms with Gasteiger partial charge in [-0.1, -0.05) is 17.7 Å². The van der Waals surface area contributed by atoms with Crippen LogP contribution in [0.15, 0.2) is 59.5 Å². The van der Waals surface area contributed by atoms with Crippen LogP contribution in [0.3, 0.4) is 0 Å². The predicted octanol–water partition coefficient (Wildman–Crippen LogP) is 4.77. The molecule has 0 aliphatic rings. The van der Waals surface area contributed by atoms with Crippen LogP contribution in [0.2, 0.25) is 5.02 Å². The summed E-state index contributed by atoms with van der Waals surface area (Å²) >= 11 is 6.17. The number of rotatable bonds is 10. The largest absolute Gasteiger partial charge is 0.493 e. The van der Waals surface area contributed by atoms with Gasteiger partial charge in [0.2, 0.25) is 0 Å². The number of nitrogens with zero attached hydrogens (tertiary/aromatic N) is 1. The summed E-state index contributed by atoms with van der Waals surface area (Å²) in [7, 11) is -1.27. The van der Waals surface area contributed by atoms with Crippen LogP contribution in [-0.2, 0) is 16.4 Å². The summed E-state index contributed by atoms with van der Waals surface area (Å²) < 4.78 is 67.9. The molecule has 10 heteroatoms. The quantitative estimate of drug-likeness (QED) is 0.425. The Morgan fingerprint density at radius 2 is 1.65 bits per heavy atom. The zero-order valence-electron chi connectivity index (χ0n) is 18.7. The summed E-state index contributed by atoms with van der Waals surface area (Å²) in [5.74, 6) is -0.853. The fourth-order valence-electron chi connectivity index (χ4n) is 3.54. The second-order valence-electron chi connectivity index (χ2n) is 7.39. The number of anilines is 1. The van der Waals surface area contributed by atoms with Crippen LogP contribution in [0.4, 0.5) is 14.5 Å². The van der Waals surface area contributed by atoms with Crippen LogP contribution >= 0.6 is 11.6 Å². The Morgan fingerprint density at radius 1 is 0.971 bits per heavy atom. The van der Waals surface area contributed by atoms with Crippen LogP contribution in [0.25, 0.3) is 0 Å². The Labute approximate surface area is 202 Å². The van der Waals surface area contributed by atoms with E-state index in [1.54, 1.807) is 0 Å². The van der Waals surface area contributed by atoms with Gasteiger partial charge < -0.3 is 15.2 Å². The second kappa shape index (κ2) is 11.0. The van der Waals surface area contributed by atoms with Crippen molar-refractivity contribution in [1.82, 2.24) is 0 Å². The van der Waals surface area contributed by atoms with Gasteiger partial charge >= 0.3 is 0 Å². The van der Waals surface area contributed by atoms with Gasteiger partial charge in [0.25, 0.3) is 10.0 Å². The van der Waals surface area contributed by atoms with E-state index < -0.39 is 21.7 Å². The number of hydrogen-bond acceptors (Lipinski definition) is 5. The molecule has 0 saturated heterocycles. The van der Waals surface area contributed by atoms with Crippen molar-refractivity contribution in [3.8, 4) is 11.5 Å². The summed E-state index contributed by atoms with van der Waals surface area (Å²) in [5, 5.41) is 0.304. The van der Waals surface area contributed by atoms with Crippen LogP contribution in [0.5, 0.6) is 11.5 Å². The number of benzene rings is 3. The van der Waals surface area contributed by atoms with Gasteiger partial charge in [0.1, 0.15) is 11.6 Å². The molecule has 0 aliphatic carbocycles. The molecule has 0 atom stereocenters. The summed E-state index contributed by atoms with van der Waals surface area (Å²) in [6, 6.07) is 12.4. The van der Waals surface area contributed by atoms with Crippen molar-refractivity contribution in [3.63, 3.8) is 0 Å². The maximum atomic E-state index is 14.4. The highest BCUT2D eigenvalue weighted by Crippen LogP contribution is 2.35. The fraction of sp³-hybridized carbons (Fsp3) is 0.250. The van der Waals surface area contributed by atoms with E-state index in [0.717, 1.165) is 12.1 Å². The molecule has 34 heavy (non-hydrogen) atoms. The normalized spacial score (nSPS) is 11.4. The first kappa shape index (κ1) is 25.7. The molecule has 182 valence electrons. The van der Waals surface area contributed by atoms with E-state index in [-0.39, 0.29) is 41.4 Å². The second-order valence-corrected chi connectivity index (χ2v) is 9.68. The average Bonchev–Trinajstić information content (AvgIpc) is 2.82. The third-order valence-corrected chi connectivity index (χ3v) is 7.29. The van der Waals surface area contributed by atoms with E-state index in [4.69, 9.17) is 26.8 Å². The van der Waals surface area contributed by atoms with E-state index in [0.29, 0.717) is 22.8 Å². The molecule has 0 spiro atoms. The fourth-order valence-corrected chi connectivity index (χ4v) is 5.29. The van der Waals surface area contributed by atoms with E-state index >= 15 is 0 Å². The molecule has 3 aromatic rings. The first-order valence-electron chi connectivity index (χ1n) is 10.4. The van der Waals surface area contributed by atoms with Crippen molar-refractivity contribution in [3.05, 3.63) is 82.4 Å². The Morgan fingerprint density at radius 3 is 2.26 bits per heavy atom. The maximum absolute atomic E-state index is 14.4. The maximum Gasteiger partial charge on any atom is 0.264 e. The Kier molecular flexibility index (Phi) is 8.35. The molecule has 3 rings (SSSR count). The number of hydrogen-bond donors (Lipinski definition) is 1. The van der Waals surface area contributed by atoms with Gasteiger partial charge in [-0.2, -0.15) is 0 Å². The summed E-state index contributed by atoms with van der Waals surface area (Å²) in [5.41, 5.74) is 6.07. The molecular formula is C24H25ClF2N2O4S. The van der Waals surface area contributed by atoms with Crippen molar-refractivity contribution < 1.29 is 26.7 Å². The van der Waals surface area contributed by atoms with E-state index in [9.17, 15) is 17.2 Å². The molecule has 0 aromatic heterocycles. The van der Waals surface area contributed by atoms with Crippen LogP contribution in [0, 0.1) is 11.6 Å². The molecule has 0 fully saturated rings. The summed E-state index contributed by atoms with van der Waals surface area (Å²) in [6.45, 7) is 0.282. The molecule has 0 heterocycles. The predicted molar refractivity (Wildman–Crippen MR) is 128 cm³/mol. The summed E-state index contributed by atoms with van der Waals surface area (Å²) in [4.78, 5) is -0.0415. The Bertz CT molecular complexity index is 1250. The minimum atomic E-state index is -4.12. The molecule has 2 N–H and O–H groups in total. The molecule has 0 aliphatic heterocycles. The molecular weight excluding hydrogens is 486 g/mol. The first-order chi connectivity index (χ1) is 16.2. The number of methoxy groups -OCH3 is 2. The van der Waals surface area contributed by atoms with Gasteiger partial charge in [0.15, 0.2) is 11.5 Å². The molecule has 0 amide bonds. The van der Waals surface area contributed by atoms with Crippen LogP contribution < -0.4 is 19.5 Å². The van der Waals surface area contributed by atoms with E-state index in [1.807, 2.05) is 0 Å². The number of halogens is 3. The van der Waals surface area contributed by atoms with Gasteiger partial charge in [-0.3, -0.25) is 4.31 Å². The van der Waals surface area contributed by atoms with Crippen molar-refractivity contribution >= 4 is 27.3 Å². The van der Waals surface area contributed by atoms with Gasteiger partial charge in [-0.15, -0.1) is 0 Å². The van der Waals surface area contributed by atoms with Gasteiger partial charge in [0, 0.05) is 29.6 Å². The molecule has 3 aromatic carbocycles. The molecule has 0 unspecified atom stereocenters. The first-order valence-corrected chi connectivity index (χ1v) is 12.2. The van der Waals surface area contributed by atoms with Crippen molar-refractivity contribution in [2.45, 2.75) is 17.7 Å². The van der Waals surface area contributed by atoms with Gasteiger partial charge in [-0.25, -0.2) is 17.2 Å². The third kappa shape index (κ3) is 5.43. The lowest BCUT2D eigenvalue weighted by atomic mass is 10.0. The van der Waals surface area contributed by atoms with Crippen molar-refractivity contribution in [2.75, 3.05) is 31.6 Å². The number of nitrogens with two attached hydrogens (primary N) is 1. The minimum absolute atomic E-state index is 0.0415. The lowest BCUT2D eigenvalue weighted by Crippen LogP contribution is -2.34. The van der Waals surface area contributed by atoms with Crippen molar-refractivity contribution in [2.24, 2.45) is 5.73 Å². The average molecular weight is 511 g/mol. The number of sulfonamides is 1. The lowest BCUT2D eigenvalue weighted by molar-refractivity contribution is 0.354. The smallest absolute Gasteiger partial charge is 0.264 e. The zero-order chi connectivity index (χ0) is 24.9.